The number of hydrogen-bond donors (Lipinski definition) is 1. The fourth-order valence-electron chi connectivity index (χ4n) is 2.65. The van der Waals surface area contributed by atoms with Gasteiger partial charge in [0, 0.05) is 29.5 Å². The van der Waals surface area contributed by atoms with E-state index in [1.165, 1.54) is 10.5 Å². The molecule has 0 fully saturated rings. The van der Waals surface area contributed by atoms with Gasteiger partial charge in [0.25, 0.3) is 5.56 Å². The molecule has 3 rings (SSSR count). The standard InChI is InChI=1S/C19H19ClN4O2/c1-13-3-8-17-21-16(9-19(26)24(17)10-13)11-23(2)12-18(25)22-15-6-4-14(20)5-7-15/h3-10H,11-12H2,1-2H3,(H,22,25). The van der Waals surface area contributed by atoms with Crippen molar-refractivity contribution in [3.63, 3.8) is 0 Å². The first-order chi connectivity index (χ1) is 12.4. The van der Waals surface area contributed by atoms with Crippen LogP contribution in [-0.2, 0) is 11.3 Å². The molecule has 26 heavy (non-hydrogen) atoms. The van der Waals surface area contributed by atoms with E-state index in [-0.39, 0.29) is 18.0 Å². The number of rotatable bonds is 5. The molecule has 1 N–H and O–H groups in total. The number of pyridine rings is 1. The summed E-state index contributed by atoms with van der Waals surface area (Å²) in [5.74, 6) is -0.150. The number of nitrogens with zero attached hydrogens (tertiary/aromatic N) is 3. The Hall–Kier alpha value is -2.70. The third-order valence-corrected chi connectivity index (χ3v) is 4.09. The fraction of sp³-hybridized carbons (Fsp3) is 0.211. The van der Waals surface area contributed by atoms with Gasteiger partial charge in [-0.05, 0) is 49.9 Å². The maximum atomic E-state index is 12.2. The van der Waals surface area contributed by atoms with Crippen molar-refractivity contribution in [2.75, 3.05) is 18.9 Å². The Morgan fingerprint density at radius 3 is 2.69 bits per heavy atom. The SMILES string of the molecule is Cc1ccc2nc(CN(C)CC(=O)Nc3ccc(Cl)cc3)cc(=O)n2c1. The molecule has 134 valence electrons. The number of nitrogens with one attached hydrogen (secondary N) is 1. The normalized spacial score (nSPS) is 11.1. The van der Waals surface area contributed by atoms with Crippen molar-refractivity contribution in [1.82, 2.24) is 14.3 Å². The van der Waals surface area contributed by atoms with Crippen LogP contribution in [0.3, 0.4) is 0 Å². The summed E-state index contributed by atoms with van der Waals surface area (Å²) in [5, 5.41) is 3.42. The molecule has 0 saturated heterocycles. The largest absolute Gasteiger partial charge is 0.325 e. The minimum absolute atomic E-state index is 0.132. The minimum Gasteiger partial charge on any atom is -0.325 e. The predicted octanol–water partition coefficient (Wildman–Crippen LogP) is 2.73. The second-order valence-corrected chi connectivity index (χ2v) is 6.68. The van der Waals surface area contributed by atoms with Crippen molar-refractivity contribution in [1.29, 1.82) is 0 Å². The summed E-state index contributed by atoms with van der Waals surface area (Å²) >= 11 is 5.83. The quantitative estimate of drug-likeness (QED) is 0.750. The maximum absolute atomic E-state index is 12.2. The summed E-state index contributed by atoms with van der Waals surface area (Å²) in [6.45, 7) is 2.50. The van der Waals surface area contributed by atoms with Crippen LogP contribution in [-0.4, -0.2) is 33.8 Å². The Morgan fingerprint density at radius 1 is 1.23 bits per heavy atom. The minimum atomic E-state index is -0.150. The van der Waals surface area contributed by atoms with Crippen LogP contribution in [0.4, 0.5) is 5.69 Å². The molecule has 0 aliphatic carbocycles. The molecule has 2 heterocycles. The monoisotopic (exact) mass is 370 g/mol. The molecule has 0 spiro atoms. The first kappa shape index (κ1) is 18.1. The number of aromatic nitrogens is 2. The molecule has 7 heteroatoms. The number of fused-ring (bicyclic) bond motifs is 1. The van der Waals surface area contributed by atoms with Gasteiger partial charge in [-0.15, -0.1) is 0 Å². The van der Waals surface area contributed by atoms with E-state index in [1.807, 2.05) is 19.1 Å². The zero-order valence-corrected chi connectivity index (χ0v) is 15.3. The maximum Gasteiger partial charge on any atom is 0.258 e. The molecular weight excluding hydrogens is 352 g/mol. The number of aryl methyl sites for hydroxylation is 1. The Balaban J connectivity index is 1.65. The van der Waals surface area contributed by atoms with Gasteiger partial charge >= 0.3 is 0 Å². The summed E-state index contributed by atoms with van der Waals surface area (Å²) in [6.07, 6.45) is 1.76. The highest BCUT2D eigenvalue weighted by atomic mass is 35.5. The van der Waals surface area contributed by atoms with Gasteiger partial charge in [-0.25, -0.2) is 4.98 Å². The molecule has 1 aromatic carbocycles. The summed E-state index contributed by atoms with van der Waals surface area (Å²) in [6, 6.07) is 12.1. The van der Waals surface area contributed by atoms with Crippen LogP contribution in [0, 0.1) is 6.92 Å². The van der Waals surface area contributed by atoms with E-state index >= 15 is 0 Å². The molecule has 1 amide bonds. The Bertz CT molecular complexity index is 999. The van der Waals surface area contributed by atoms with Gasteiger partial charge in [0.2, 0.25) is 5.91 Å². The molecule has 0 unspecified atom stereocenters. The van der Waals surface area contributed by atoms with E-state index in [2.05, 4.69) is 10.3 Å². The lowest BCUT2D eigenvalue weighted by molar-refractivity contribution is -0.117. The number of benzene rings is 1. The van der Waals surface area contributed by atoms with Crippen LogP contribution in [0.15, 0.2) is 53.5 Å². The second-order valence-electron chi connectivity index (χ2n) is 6.25. The van der Waals surface area contributed by atoms with E-state index < -0.39 is 0 Å². The smallest absolute Gasteiger partial charge is 0.258 e. The Labute approximate surface area is 156 Å². The third kappa shape index (κ3) is 4.47. The van der Waals surface area contributed by atoms with E-state index in [0.29, 0.717) is 28.6 Å². The van der Waals surface area contributed by atoms with E-state index in [0.717, 1.165) is 5.56 Å². The van der Waals surface area contributed by atoms with Crippen LogP contribution in [0.5, 0.6) is 0 Å². The topological polar surface area (TPSA) is 66.7 Å². The van der Waals surface area contributed by atoms with Gasteiger partial charge in [0.05, 0.1) is 12.2 Å². The summed E-state index contributed by atoms with van der Waals surface area (Å²) < 4.78 is 1.52. The van der Waals surface area contributed by atoms with Gasteiger partial charge < -0.3 is 5.32 Å². The Kier molecular flexibility index (Phi) is 5.35. The molecule has 0 saturated carbocycles. The summed E-state index contributed by atoms with van der Waals surface area (Å²) in [5.41, 5.74) is 2.76. The number of carbonyl (C=O) groups is 1. The van der Waals surface area contributed by atoms with Crippen molar-refractivity contribution < 1.29 is 4.79 Å². The first-order valence-electron chi connectivity index (χ1n) is 8.13. The lowest BCUT2D eigenvalue weighted by atomic mass is 10.3. The lowest BCUT2D eigenvalue weighted by Gasteiger charge is -2.16. The van der Waals surface area contributed by atoms with Gasteiger partial charge in [0.1, 0.15) is 5.65 Å². The van der Waals surface area contributed by atoms with E-state index in [4.69, 9.17) is 11.6 Å². The van der Waals surface area contributed by atoms with Crippen LogP contribution >= 0.6 is 11.6 Å². The molecule has 2 aromatic heterocycles. The number of hydrogen-bond acceptors (Lipinski definition) is 4. The zero-order chi connectivity index (χ0) is 18.7. The summed E-state index contributed by atoms with van der Waals surface area (Å²) in [4.78, 5) is 30.7. The first-order valence-corrected chi connectivity index (χ1v) is 8.51. The van der Waals surface area contributed by atoms with Crippen LogP contribution in [0.2, 0.25) is 5.02 Å². The van der Waals surface area contributed by atoms with Crippen molar-refractivity contribution in [2.45, 2.75) is 13.5 Å². The molecule has 6 nitrogen and oxygen atoms in total. The highest BCUT2D eigenvalue weighted by Crippen LogP contribution is 2.13. The second kappa shape index (κ2) is 7.68. The highest BCUT2D eigenvalue weighted by molar-refractivity contribution is 6.30. The molecule has 0 aliphatic rings. The van der Waals surface area contributed by atoms with Crippen molar-refractivity contribution in [2.24, 2.45) is 0 Å². The van der Waals surface area contributed by atoms with Gasteiger partial charge in [-0.2, -0.15) is 0 Å². The van der Waals surface area contributed by atoms with Crippen molar-refractivity contribution >= 4 is 28.8 Å². The number of anilines is 1. The van der Waals surface area contributed by atoms with Gasteiger partial charge in [0.15, 0.2) is 0 Å². The average molecular weight is 371 g/mol. The molecule has 0 radical (unpaired) electrons. The van der Waals surface area contributed by atoms with Crippen LogP contribution in [0.1, 0.15) is 11.3 Å². The molecule has 0 aliphatic heterocycles. The fourth-order valence-corrected chi connectivity index (χ4v) is 2.78. The zero-order valence-electron chi connectivity index (χ0n) is 14.6. The molecule has 0 bridgehead atoms. The number of carbonyl (C=O) groups excluding carboxylic acids is 1. The van der Waals surface area contributed by atoms with E-state index in [1.54, 1.807) is 42.4 Å². The Morgan fingerprint density at radius 2 is 1.96 bits per heavy atom. The number of halogens is 1. The van der Waals surface area contributed by atoms with Crippen molar-refractivity contribution in [3.05, 3.63) is 75.3 Å². The van der Waals surface area contributed by atoms with Gasteiger partial charge in [-0.3, -0.25) is 18.9 Å². The molecule has 0 atom stereocenters. The highest BCUT2D eigenvalue weighted by Gasteiger charge is 2.10. The van der Waals surface area contributed by atoms with Crippen LogP contribution in [0.25, 0.3) is 5.65 Å². The van der Waals surface area contributed by atoms with Gasteiger partial charge in [-0.1, -0.05) is 17.7 Å². The third-order valence-electron chi connectivity index (χ3n) is 3.83. The predicted molar refractivity (Wildman–Crippen MR) is 103 cm³/mol. The lowest BCUT2D eigenvalue weighted by Crippen LogP contribution is -2.30. The average Bonchev–Trinajstić information content (AvgIpc) is 2.57. The van der Waals surface area contributed by atoms with Crippen molar-refractivity contribution in [3.8, 4) is 0 Å². The molecule has 3 aromatic rings. The summed E-state index contributed by atoms with van der Waals surface area (Å²) in [7, 11) is 1.81. The van der Waals surface area contributed by atoms with E-state index in [9.17, 15) is 9.59 Å². The number of amides is 1. The molecular formula is C19H19ClN4O2. The number of likely N-dealkylation sites (N-methyl/N-ethyl adjacent to an activating group) is 1. The van der Waals surface area contributed by atoms with Crippen LogP contribution < -0.4 is 10.9 Å².